The third-order valence-electron chi connectivity index (χ3n) is 4.73. The van der Waals surface area contributed by atoms with Crippen molar-refractivity contribution in [2.75, 3.05) is 13.3 Å². The van der Waals surface area contributed by atoms with Crippen molar-refractivity contribution < 1.29 is 19.1 Å². The average molecular weight is 365 g/mol. The van der Waals surface area contributed by atoms with Crippen molar-refractivity contribution in [2.24, 2.45) is 0 Å². The third-order valence-corrected chi connectivity index (χ3v) is 4.73. The minimum atomic E-state index is -0.564. The number of rotatable bonds is 5. The van der Waals surface area contributed by atoms with Crippen LogP contribution in [0.3, 0.4) is 0 Å². The van der Waals surface area contributed by atoms with Crippen LogP contribution in [0.4, 0.5) is 0 Å². The summed E-state index contributed by atoms with van der Waals surface area (Å²) in [5.74, 6) is -0.192. The minimum absolute atomic E-state index is 0.0646. The first-order chi connectivity index (χ1) is 12.9. The Balaban J connectivity index is 2.01. The lowest BCUT2D eigenvalue weighted by Gasteiger charge is -2.42. The molecular weight excluding hydrogens is 342 g/mol. The zero-order valence-corrected chi connectivity index (χ0v) is 15.8. The van der Waals surface area contributed by atoms with E-state index in [2.05, 4.69) is 0 Å². The molecule has 0 saturated carbocycles. The molecule has 0 radical (unpaired) electrons. The number of esters is 1. The molecule has 0 unspecified atom stereocenters. The fraction of sp³-hybridized carbons (Fsp3) is 0.273. The topological polar surface area (TPSA) is 55.8 Å². The molecule has 2 aromatic carbocycles. The summed E-state index contributed by atoms with van der Waals surface area (Å²) in [6, 6.07) is 19.1. The molecule has 0 aliphatic carbocycles. The Labute approximate surface area is 159 Å². The fourth-order valence-electron chi connectivity index (χ4n) is 3.11. The largest absolute Gasteiger partial charge is 0.473 e. The van der Waals surface area contributed by atoms with Gasteiger partial charge in [0, 0.05) is 6.92 Å². The van der Waals surface area contributed by atoms with Gasteiger partial charge in [0.25, 0.3) is 5.91 Å². The van der Waals surface area contributed by atoms with E-state index in [9.17, 15) is 9.59 Å². The van der Waals surface area contributed by atoms with Crippen molar-refractivity contribution in [3.63, 3.8) is 0 Å². The van der Waals surface area contributed by atoms with Gasteiger partial charge < -0.3 is 9.47 Å². The van der Waals surface area contributed by atoms with Crippen molar-refractivity contribution >= 4 is 17.4 Å². The van der Waals surface area contributed by atoms with Gasteiger partial charge in [-0.05, 0) is 25.0 Å². The molecule has 1 aliphatic rings. The number of carbonyl (C=O) groups excluding carboxylic acids is 2. The molecule has 1 heterocycles. The third kappa shape index (κ3) is 3.87. The SMILES string of the molecule is CC(=O)OCC1=C(c2ccccc2)C(=O)N(C(C)(C)c2ccccc2)CO1. The second-order valence-corrected chi connectivity index (χ2v) is 6.88. The maximum Gasteiger partial charge on any atom is 0.303 e. The van der Waals surface area contributed by atoms with Crippen LogP contribution in [0, 0.1) is 0 Å². The van der Waals surface area contributed by atoms with E-state index in [0.717, 1.165) is 11.1 Å². The van der Waals surface area contributed by atoms with Gasteiger partial charge in [0.2, 0.25) is 0 Å². The molecule has 27 heavy (non-hydrogen) atoms. The van der Waals surface area contributed by atoms with Crippen LogP contribution in [0.1, 0.15) is 31.9 Å². The van der Waals surface area contributed by atoms with Gasteiger partial charge >= 0.3 is 5.97 Å². The lowest BCUT2D eigenvalue weighted by atomic mass is 9.90. The summed E-state index contributed by atoms with van der Waals surface area (Å²) in [5, 5.41) is 0. The van der Waals surface area contributed by atoms with Crippen LogP contribution in [-0.4, -0.2) is 30.1 Å². The number of nitrogens with zero attached hydrogens (tertiary/aromatic N) is 1. The molecule has 5 nitrogen and oxygen atoms in total. The molecule has 1 aliphatic heterocycles. The maximum atomic E-state index is 13.4. The molecule has 0 saturated heterocycles. The summed E-state index contributed by atoms with van der Waals surface area (Å²) < 4.78 is 11.0. The molecule has 0 fully saturated rings. The predicted octanol–water partition coefficient (Wildman–Crippen LogP) is 3.71. The van der Waals surface area contributed by atoms with Gasteiger partial charge in [-0.2, -0.15) is 0 Å². The van der Waals surface area contributed by atoms with E-state index in [0.29, 0.717) is 11.3 Å². The van der Waals surface area contributed by atoms with E-state index >= 15 is 0 Å². The fourth-order valence-corrected chi connectivity index (χ4v) is 3.11. The normalized spacial score (nSPS) is 14.8. The molecule has 2 aromatic rings. The number of amides is 1. The van der Waals surface area contributed by atoms with Crippen LogP contribution < -0.4 is 0 Å². The summed E-state index contributed by atoms with van der Waals surface area (Å²) in [4.78, 5) is 26.4. The van der Waals surface area contributed by atoms with Gasteiger partial charge in [-0.1, -0.05) is 60.7 Å². The first-order valence-electron chi connectivity index (χ1n) is 8.83. The van der Waals surface area contributed by atoms with Crippen molar-refractivity contribution in [1.29, 1.82) is 0 Å². The van der Waals surface area contributed by atoms with Crippen LogP contribution in [0.25, 0.3) is 5.57 Å². The Kier molecular flexibility index (Phi) is 5.31. The van der Waals surface area contributed by atoms with Crippen molar-refractivity contribution in [1.82, 2.24) is 4.90 Å². The Hall–Kier alpha value is -3.08. The Morgan fingerprint density at radius 2 is 1.67 bits per heavy atom. The van der Waals surface area contributed by atoms with E-state index in [1.165, 1.54) is 6.92 Å². The van der Waals surface area contributed by atoms with Gasteiger partial charge in [0.1, 0.15) is 12.4 Å². The number of hydrogen-bond acceptors (Lipinski definition) is 4. The monoisotopic (exact) mass is 365 g/mol. The standard InChI is InChI=1S/C22H23NO4/c1-16(24)26-14-19-20(17-10-6-4-7-11-17)21(25)23(15-27-19)22(2,3)18-12-8-5-9-13-18/h4-13H,14-15H2,1-3H3. The first kappa shape index (κ1) is 18.7. The maximum absolute atomic E-state index is 13.4. The summed E-state index contributed by atoms with van der Waals surface area (Å²) in [5.41, 5.74) is 1.61. The number of carbonyl (C=O) groups is 2. The summed E-state index contributed by atoms with van der Waals surface area (Å²) in [6.07, 6.45) is 0. The highest BCUT2D eigenvalue weighted by molar-refractivity contribution is 6.20. The summed E-state index contributed by atoms with van der Waals surface area (Å²) in [6.45, 7) is 5.34. The highest BCUT2D eigenvalue weighted by Crippen LogP contribution is 2.35. The van der Waals surface area contributed by atoms with Crippen molar-refractivity contribution in [3.8, 4) is 0 Å². The van der Waals surface area contributed by atoms with Gasteiger partial charge in [-0.3, -0.25) is 14.5 Å². The lowest BCUT2D eigenvalue weighted by molar-refractivity contribution is -0.146. The van der Waals surface area contributed by atoms with Crippen LogP contribution in [0.2, 0.25) is 0 Å². The highest BCUT2D eigenvalue weighted by atomic mass is 16.6. The van der Waals surface area contributed by atoms with Gasteiger partial charge in [0.05, 0.1) is 11.1 Å². The molecule has 0 aromatic heterocycles. The van der Waals surface area contributed by atoms with Gasteiger partial charge in [-0.25, -0.2) is 0 Å². The predicted molar refractivity (Wildman–Crippen MR) is 102 cm³/mol. The number of hydrogen-bond donors (Lipinski definition) is 0. The Morgan fingerprint density at radius 1 is 1.07 bits per heavy atom. The Morgan fingerprint density at radius 3 is 2.26 bits per heavy atom. The first-order valence-corrected chi connectivity index (χ1v) is 8.83. The van der Waals surface area contributed by atoms with Crippen molar-refractivity contribution in [3.05, 3.63) is 77.5 Å². The van der Waals surface area contributed by atoms with Gasteiger partial charge in [-0.15, -0.1) is 0 Å². The average Bonchev–Trinajstić information content (AvgIpc) is 2.67. The highest BCUT2D eigenvalue weighted by Gasteiger charge is 2.39. The molecule has 1 amide bonds. The van der Waals surface area contributed by atoms with E-state index in [1.807, 2.05) is 74.5 Å². The molecule has 0 bridgehead atoms. The molecule has 0 atom stereocenters. The molecule has 0 spiro atoms. The lowest BCUT2D eigenvalue weighted by Crippen LogP contribution is -2.49. The van der Waals surface area contributed by atoms with Crippen LogP contribution in [0.15, 0.2) is 66.4 Å². The number of benzene rings is 2. The Bertz CT molecular complexity index is 856. The van der Waals surface area contributed by atoms with Crippen LogP contribution >= 0.6 is 0 Å². The van der Waals surface area contributed by atoms with E-state index in [-0.39, 0.29) is 19.2 Å². The quantitative estimate of drug-likeness (QED) is 0.758. The van der Waals surface area contributed by atoms with E-state index in [4.69, 9.17) is 9.47 Å². The molecule has 3 rings (SSSR count). The molecule has 140 valence electrons. The van der Waals surface area contributed by atoms with Crippen molar-refractivity contribution in [2.45, 2.75) is 26.3 Å². The molecule has 5 heteroatoms. The minimum Gasteiger partial charge on any atom is -0.473 e. The van der Waals surface area contributed by atoms with Crippen LogP contribution in [-0.2, 0) is 24.6 Å². The smallest absolute Gasteiger partial charge is 0.303 e. The zero-order valence-electron chi connectivity index (χ0n) is 15.8. The van der Waals surface area contributed by atoms with Gasteiger partial charge in [0.15, 0.2) is 6.73 Å². The second-order valence-electron chi connectivity index (χ2n) is 6.88. The summed E-state index contributed by atoms with van der Waals surface area (Å²) in [7, 11) is 0. The van der Waals surface area contributed by atoms with E-state index < -0.39 is 11.5 Å². The number of ether oxygens (including phenoxy) is 2. The second kappa shape index (κ2) is 7.66. The molecular formula is C22H23NO4. The summed E-state index contributed by atoms with van der Waals surface area (Å²) >= 11 is 0. The zero-order chi connectivity index (χ0) is 19.4. The molecule has 0 N–H and O–H groups in total. The van der Waals surface area contributed by atoms with Crippen LogP contribution in [0.5, 0.6) is 0 Å². The van der Waals surface area contributed by atoms with E-state index in [1.54, 1.807) is 4.90 Å².